The van der Waals surface area contributed by atoms with Gasteiger partial charge in [0.2, 0.25) is 0 Å². The summed E-state index contributed by atoms with van der Waals surface area (Å²) in [5.74, 6) is 1.39. The van der Waals surface area contributed by atoms with Gasteiger partial charge in [-0.1, -0.05) is 51.6 Å². The number of unbranched alkanes of at least 4 members (excludes halogenated alkanes) is 2. The lowest BCUT2D eigenvalue weighted by molar-refractivity contribution is 0.128. The summed E-state index contributed by atoms with van der Waals surface area (Å²) in [6.07, 6.45) is 5.02. The molecular weight excluding hydrogens is 286 g/mol. The van der Waals surface area contributed by atoms with Crippen LogP contribution in [0, 0.1) is 5.41 Å². The van der Waals surface area contributed by atoms with Crippen molar-refractivity contribution in [2.24, 2.45) is 5.41 Å². The summed E-state index contributed by atoms with van der Waals surface area (Å²) < 4.78 is 5.33. The highest BCUT2D eigenvalue weighted by Crippen LogP contribution is 2.24. The van der Waals surface area contributed by atoms with Gasteiger partial charge in [-0.25, -0.2) is 9.97 Å². The van der Waals surface area contributed by atoms with Gasteiger partial charge in [-0.3, -0.25) is 0 Å². The molecule has 0 saturated heterocycles. The van der Waals surface area contributed by atoms with Crippen molar-refractivity contribution in [1.82, 2.24) is 9.97 Å². The van der Waals surface area contributed by atoms with E-state index in [2.05, 4.69) is 36.1 Å². The molecule has 21 heavy (non-hydrogen) atoms. The van der Waals surface area contributed by atoms with Gasteiger partial charge < -0.3 is 10.1 Å². The van der Waals surface area contributed by atoms with Crippen LogP contribution >= 0.6 is 11.6 Å². The number of anilines is 1. The Morgan fingerprint density at radius 1 is 1.24 bits per heavy atom. The third kappa shape index (κ3) is 7.63. The van der Waals surface area contributed by atoms with Gasteiger partial charge in [0, 0.05) is 19.2 Å². The highest BCUT2D eigenvalue weighted by molar-refractivity contribution is 6.29. The average Bonchev–Trinajstić information content (AvgIpc) is 2.43. The van der Waals surface area contributed by atoms with Crippen molar-refractivity contribution in [1.29, 1.82) is 0 Å². The SMILES string of the molecule is CCCCCC(C)(C)CNc1cc(Cl)nc(COCC)n1. The van der Waals surface area contributed by atoms with Crippen LogP contribution in [0.15, 0.2) is 6.07 Å². The molecule has 0 unspecified atom stereocenters. The van der Waals surface area contributed by atoms with E-state index >= 15 is 0 Å². The molecule has 1 aromatic rings. The molecule has 0 radical (unpaired) electrons. The van der Waals surface area contributed by atoms with Crippen LogP contribution in [0.2, 0.25) is 5.15 Å². The minimum atomic E-state index is 0.243. The molecule has 0 bridgehead atoms. The van der Waals surface area contributed by atoms with E-state index in [4.69, 9.17) is 16.3 Å². The molecule has 1 rings (SSSR count). The van der Waals surface area contributed by atoms with E-state index in [1.807, 2.05) is 6.92 Å². The first kappa shape index (κ1) is 18.2. The van der Waals surface area contributed by atoms with Gasteiger partial charge in [0.15, 0.2) is 5.82 Å². The van der Waals surface area contributed by atoms with Crippen molar-refractivity contribution < 1.29 is 4.74 Å². The molecule has 0 aromatic carbocycles. The third-order valence-corrected chi connectivity index (χ3v) is 3.58. The minimum absolute atomic E-state index is 0.243. The molecule has 0 aliphatic rings. The fourth-order valence-electron chi connectivity index (χ4n) is 2.08. The maximum Gasteiger partial charge on any atom is 0.158 e. The Bertz CT molecular complexity index is 424. The van der Waals surface area contributed by atoms with Crippen molar-refractivity contribution in [2.75, 3.05) is 18.5 Å². The van der Waals surface area contributed by atoms with E-state index in [1.54, 1.807) is 6.07 Å². The van der Waals surface area contributed by atoms with Crippen molar-refractivity contribution in [3.63, 3.8) is 0 Å². The Morgan fingerprint density at radius 2 is 2.00 bits per heavy atom. The van der Waals surface area contributed by atoms with Crippen molar-refractivity contribution in [3.05, 3.63) is 17.0 Å². The van der Waals surface area contributed by atoms with Gasteiger partial charge >= 0.3 is 0 Å². The molecule has 5 heteroatoms. The first-order chi connectivity index (χ1) is 9.96. The number of halogens is 1. The minimum Gasteiger partial charge on any atom is -0.374 e. The van der Waals surface area contributed by atoms with Crippen molar-refractivity contribution in [2.45, 2.75) is 60.0 Å². The van der Waals surface area contributed by atoms with Crippen LogP contribution in [0.5, 0.6) is 0 Å². The van der Waals surface area contributed by atoms with E-state index in [9.17, 15) is 0 Å². The smallest absolute Gasteiger partial charge is 0.158 e. The van der Waals surface area contributed by atoms with Crippen LogP contribution in [0.4, 0.5) is 5.82 Å². The number of rotatable bonds is 10. The summed E-state index contributed by atoms with van der Waals surface area (Å²) in [6.45, 7) is 10.6. The fraction of sp³-hybridized carbons (Fsp3) is 0.750. The maximum absolute atomic E-state index is 6.03. The average molecular weight is 314 g/mol. The largest absolute Gasteiger partial charge is 0.374 e. The molecule has 0 atom stereocenters. The Morgan fingerprint density at radius 3 is 2.67 bits per heavy atom. The molecule has 1 aromatic heterocycles. The fourth-order valence-corrected chi connectivity index (χ4v) is 2.29. The highest BCUT2D eigenvalue weighted by Gasteiger charge is 2.17. The molecule has 1 heterocycles. The van der Waals surface area contributed by atoms with Crippen molar-refractivity contribution in [3.8, 4) is 0 Å². The summed E-state index contributed by atoms with van der Waals surface area (Å²) in [5.41, 5.74) is 0.243. The Hall–Kier alpha value is -0.870. The van der Waals surface area contributed by atoms with Gasteiger partial charge in [-0.15, -0.1) is 0 Å². The monoisotopic (exact) mass is 313 g/mol. The second-order valence-corrected chi connectivity index (χ2v) is 6.49. The molecule has 0 amide bonds. The molecule has 0 aliphatic carbocycles. The summed E-state index contributed by atoms with van der Waals surface area (Å²) in [5, 5.41) is 3.83. The molecule has 0 aliphatic heterocycles. The Labute approximate surface area is 133 Å². The number of nitrogens with zero attached hydrogens (tertiary/aromatic N) is 2. The quantitative estimate of drug-likeness (QED) is 0.503. The number of ether oxygens (including phenoxy) is 1. The standard InChI is InChI=1S/C16H28ClN3O/c1-5-7-8-9-16(3,4)12-18-14-10-13(17)19-15(20-14)11-21-6-2/h10H,5-9,11-12H2,1-4H3,(H,18,19,20). The predicted molar refractivity (Wildman–Crippen MR) is 88.8 cm³/mol. The van der Waals surface area contributed by atoms with Crippen LogP contribution in [-0.2, 0) is 11.3 Å². The molecular formula is C16H28ClN3O. The maximum atomic E-state index is 6.03. The zero-order valence-electron chi connectivity index (χ0n) is 13.7. The van der Waals surface area contributed by atoms with E-state index in [1.165, 1.54) is 25.7 Å². The normalized spacial score (nSPS) is 11.7. The molecule has 0 fully saturated rings. The summed E-state index contributed by atoms with van der Waals surface area (Å²) >= 11 is 6.03. The summed E-state index contributed by atoms with van der Waals surface area (Å²) in [6, 6.07) is 1.76. The summed E-state index contributed by atoms with van der Waals surface area (Å²) in [4.78, 5) is 8.60. The molecule has 0 spiro atoms. The van der Waals surface area contributed by atoms with E-state index in [0.29, 0.717) is 24.2 Å². The highest BCUT2D eigenvalue weighted by atomic mass is 35.5. The van der Waals surface area contributed by atoms with Crippen LogP contribution in [0.1, 0.15) is 59.2 Å². The van der Waals surface area contributed by atoms with Gasteiger partial charge in [0.25, 0.3) is 0 Å². The molecule has 0 saturated carbocycles. The predicted octanol–water partition coefficient (Wildman–Crippen LogP) is 4.68. The lowest BCUT2D eigenvalue weighted by Gasteiger charge is -2.25. The molecule has 4 nitrogen and oxygen atoms in total. The second-order valence-electron chi connectivity index (χ2n) is 6.10. The topological polar surface area (TPSA) is 47.0 Å². The Kier molecular flexibility index (Phi) is 7.97. The van der Waals surface area contributed by atoms with Crippen LogP contribution in [0.25, 0.3) is 0 Å². The Balaban J connectivity index is 2.55. The van der Waals surface area contributed by atoms with Gasteiger partial charge in [0.1, 0.15) is 17.6 Å². The molecule has 120 valence electrons. The number of nitrogens with one attached hydrogen (secondary N) is 1. The van der Waals surface area contributed by atoms with E-state index < -0.39 is 0 Å². The third-order valence-electron chi connectivity index (χ3n) is 3.38. The van der Waals surface area contributed by atoms with E-state index in [-0.39, 0.29) is 5.41 Å². The van der Waals surface area contributed by atoms with Crippen molar-refractivity contribution >= 4 is 17.4 Å². The zero-order chi connectivity index (χ0) is 15.7. The van der Waals surface area contributed by atoms with Gasteiger partial charge in [0.05, 0.1) is 0 Å². The van der Waals surface area contributed by atoms with Crippen LogP contribution < -0.4 is 5.32 Å². The van der Waals surface area contributed by atoms with Crippen LogP contribution in [-0.4, -0.2) is 23.1 Å². The first-order valence-corrected chi connectivity index (χ1v) is 8.19. The van der Waals surface area contributed by atoms with Gasteiger partial charge in [-0.05, 0) is 18.8 Å². The zero-order valence-corrected chi connectivity index (χ0v) is 14.5. The van der Waals surface area contributed by atoms with E-state index in [0.717, 1.165) is 12.4 Å². The lowest BCUT2D eigenvalue weighted by atomic mass is 9.87. The second kappa shape index (κ2) is 9.21. The number of hydrogen-bond donors (Lipinski definition) is 1. The molecule has 1 N–H and O–H groups in total. The number of aromatic nitrogens is 2. The van der Waals surface area contributed by atoms with Gasteiger partial charge in [-0.2, -0.15) is 0 Å². The lowest BCUT2D eigenvalue weighted by Crippen LogP contribution is -2.23. The summed E-state index contributed by atoms with van der Waals surface area (Å²) in [7, 11) is 0. The van der Waals surface area contributed by atoms with Crippen LogP contribution in [0.3, 0.4) is 0 Å². The first-order valence-electron chi connectivity index (χ1n) is 7.82. The number of hydrogen-bond acceptors (Lipinski definition) is 4.